The van der Waals surface area contributed by atoms with Gasteiger partial charge in [0.05, 0.1) is 26.2 Å². The first kappa shape index (κ1) is 17.2. The van der Waals surface area contributed by atoms with E-state index in [-0.39, 0.29) is 31.0 Å². The van der Waals surface area contributed by atoms with Crippen molar-refractivity contribution in [2.75, 3.05) is 26.7 Å². The minimum absolute atomic E-state index is 0.0597. The van der Waals surface area contributed by atoms with Crippen molar-refractivity contribution in [2.45, 2.75) is 26.8 Å². The number of amides is 1. The lowest BCUT2D eigenvalue weighted by Crippen LogP contribution is -2.40. The molecule has 1 N–H and O–H groups in total. The molecule has 1 unspecified atom stereocenters. The van der Waals surface area contributed by atoms with Gasteiger partial charge in [-0.2, -0.15) is 0 Å². The molecule has 0 saturated carbocycles. The number of aryl methyl sites for hydroxylation is 1. The number of nitrogens with zero attached hydrogens (tertiary/aromatic N) is 1. The van der Waals surface area contributed by atoms with Crippen LogP contribution in [0.15, 0.2) is 24.3 Å². The molecule has 0 aromatic heterocycles. The molecular weight excluding hydrogens is 268 g/mol. The van der Waals surface area contributed by atoms with Gasteiger partial charge in [0.1, 0.15) is 0 Å². The van der Waals surface area contributed by atoms with E-state index in [2.05, 4.69) is 10.1 Å². The number of methoxy groups -OCH3 is 1. The third-order valence-corrected chi connectivity index (χ3v) is 3.43. The molecule has 1 aromatic rings. The lowest BCUT2D eigenvalue weighted by molar-refractivity contribution is -0.142. The molecule has 1 amide bonds. The fourth-order valence-corrected chi connectivity index (χ4v) is 2.17. The number of ether oxygens (including phenoxy) is 1. The molecule has 0 bridgehead atoms. The summed E-state index contributed by atoms with van der Waals surface area (Å²) in [7, 11) is 1.34. The van der Waals surface area contributed by atoms with E-state index in [0.717, 1.165) is 11.1 Å². The van der Waals surface area contributed by atoms with E-state index in [0.29, 0.717) is 6.54 Å². The fourth-order valence-electron chi connectivity index (χ4n) is 2.17. The van der Waals surface area contributed by atoms with Crippen LogP contribution in [0.5, 0.6) is 0 Å². The molecule has 0 spiro atoms. The monoisotopic (exact) mass is 292 g/mol. The van der Waals surface area contributed by atoms with E-state index in [1.54, 1.807) is 4.90 Å². The second-order valence-corrected chi connectivity index (χ2v) is 5.03. The van der Waals surface area contributed by atoms with Crippen molar-refractivity contribution in [3.63, 3.8) is 0 Å². The van der Waals surface area contributed by atoms with Crippen LogP contribution in [0.4, 0.5) is 0 Å². The summed E-state index contributed by atoms with van der Waals surface area (Å²) in [6.07, 6.45) is 0. The average Bonchev–Trinajstić information content (AvgIpc) is 2.46. The number of carbonyl (C=O) groups excluding carboxylic acids is 2. The lowest BCUT2D eigenvalue weighted by Gasteiger charge is -2.21. The van der Waals surface area contributed by atoms with Gasteiger partial charge in [-0.3, -0.25) is 14.5 Å². The molecule has 0 aliphatic rings. The van der Waals surface area contributed by atoms with E-state index in [9.17, 15) is 9.59 Å². The van der Waals surface area contributed by atoms with Gasteiger partial charge in [-0.15, -0.1) is 0 Å². The lowest BCUT2D eigenvalue weighted by atomic mass is 10.0. The van der Waals surface area contributed by atoms with Crippen molar-refractivity contribution in [3.05, 3.63) is 35.4 Å². The minimum atomic E-state index is -0.336. The molecule has 0 radical (unpaired) electrons. The quantitative estimate of drug-likeness (QED) is 0.777. The molecule has 1 atom stereocenters. The van der Waals surface area contributed by atoms with Crippen LogP contribution in [-0.4, -0.2) is 43.5 Å². The number of benzene rings is 1. The molecule has 0 aliphatic carbocycles. The molecule has 0 aliphatic heterocycles. The Kier molecular flexibility index (Phi) is 6.88. The van der Waals surface area contributed by atoms with Crippen LogP contribution in [0.25, 0.3) is 0 Å². The highest BCUT2D eigenvalue weighted by Gasteiger charge is 2.16. The highest BCUT2D eigenvalue weighted by atomic mass is 16.5. The van der Waals surface area contributed by atoms with Crippen LogP contribution < -0.4 is 5.32 Å². The molecule has 0 fully saturated rings. The standard InChI is InChI=1S/C16H24N2O3/c1-5-18(11-16(20)21-4)10-15(19)17-13(3)14-9-7-6-8-12(14)2/h6-9,13H,5,10-11H2,1-4H3,(H,17,19). The van der Waals surface area contributed by atoms with E-state index in [1.165, 1.54) is 7.11 Å². The summed E-state index contributed by atoms with van der Waals surface area (Å²) in [5.41, 5.74) is 2.24. The van der Waals surface area contributed by atoms with Crippen molar-refractivity contribution in [1.82, 2.24) is 10.2 Å². The predicted octanol–water partition coefficient (Wildman–Crippen LogP) is 1.67. The summed E-state index contributed by atoms with van der Waals surface area (Å²) < 4.78 is 4.62. The van der Waals surface area contributed by atoms with Crippen LogP contribution in [0, 0.1) is 6.92 Å². The van der Waals surface area contributed by atoms with Crippen molar-refractivity contribution >= 4 is 11.9 Å². The topological polar surface area (TPSA) is 58.6 Å². The zero-order valence-corrected chi connectivity index (χ0v) is 13.2. The Labute approximate surface area is 126 Å². The van der Waals surface area contributed by atoms with E-state index in [1.807, 2.05) is 45.0 Å². The Hall–Kier alpha value is -1.88. The molecular formula is C16H24N2O3. The summed E-state index contributed by atoms with van der Waals surface area (Å²) in [5, 5.41) is 2.96. The number of carbonyl (C=O) groups is 2. The van der Waals surface area contributed by atoms with Gasteiger partial charge in [-0.1, -0.05) is 31.2 Å². The Balaban J connectivity index is 2.56. The smallest absolute Gasteiger partial charge is 0.319 e. The first-order chi connectivity index (χ1) is 9.97. The number of esters is 1. The normalized spacial score (nSPS) is 12.0. The van der Waals surface area contributed by atoms with Gasteiger partial charge in [0.2, 0.25) is 5.91 Å². The summed E-state index contributed by atoms with van der Waals surface area (Å²) >= 11 is 0. The van der Waals surface area contributed by atoms with Gasteiger partial charge < -0.3 is 10.1 Å². The maximum Gasteiger partial charge on any atom is 0.319 e. The Morgan fingerprint density at radius 1 is 1.29 bits per heavy atom. The molecule has 5 heteroatoms. The molecule has 116 valence electrons. The van der Waals surface area contributed by atoms with Crippen molar-refractivity contribution < 1.29 is 14.3 Å². The second kappa shape index (κ2) is 8.42. The Morgan fingerprint density at radius 2 is 1.95 bits per heavy atom. The molecule has 21 heavy (non-hydrogen) atoms. The molecule has 0 heterocycles. The minimum Gasteiger partial charge on any atom is -0.468 e. The number of likely N-dealkylation sites (N-methyl/N-ethyl adjacent to an activating group) is 1. The number of rotatable bonds is 7. The van der Waals surface area contributed by atoms with Crippen molar-refractivity contribution in [2.24, 2.45) is 0 Å². The van der Waals surface area contributed by atoms with Crippen LogP contribution in [-0.2, 0) is 14.3 Å². The SMILES string of the molecule is CCN(CC(=O)NC(C)c1ccccc1C)CC(=O)OC. The highest BCUT2D eigenvalue weighted by Crippen LogP contribution is 2.16. The third kappa shape index (κ3) is 5.55. The summed E-state index contributed by atoms with van der Waals surface area (Å²) in [6.45, 7) is 6.80. The Bertz CT molecular complexity index is 488. The first-order valence-electron chi connectivity index (χ1n) is 7.12. The molecule has 1 aromatic carbocycles. The van der Waals surface area contributed by atoms with Crippen molar-refractivity contribution in [3.8, 4) is 0 Å². The highest BCUT2D eigenvalue weighted by molar-refractivity contribution is 5.79. The summed E-state index contributed by atoms with van der Waals surface area (Å²) in [6, 6.07) is 7.90. The third-order valence-electron chi connectivity index (χ3n) is 3.43. The summed E-state index contributed by atoms with van der Waals surface area (Å²) in [4.78, 5) is 25.1. The Morgan fingerprint density at radius 3 is 2.52 bits per heavy atom. The fraction of sp³-hybridized carbons (Fsp3) is 0.500. The van der Waals surface area contributed by atoms with Crippen LogP contribution in [0.3, 0.4) is 0 Å². The zero-order chi connectivity index (χ0) is 15.8. The molecule has 5 nitrogen and oxygen atoms in total. The zero-order valence-electron chi connectivity index (χ0n) is 13.2. The van der Waals surface area contributed by atoms with Gasteiger partial charge in [-0.05, 0) is 31.5 Å². The van der Waals surface area contributed by atoms with Crippen LogP contribution >= 0.6 is 0 Å². The van der Waals surface area contributed by atoms with Gasteiger partial charge in [0.25, 0.3) is 0 Å². The van der Waals surface area contributed by atoms with Gasteiger partial charge in [0.15, 0.2) is 0 Å². The van der Waals surface area contributed by atoms with Crippen LogP contribution in [0.1, 0.15) is 31.0 Å². The second-order valence-electron chi connectivity index (χ2n) is 5.03. The van der Waals surface area contributed by atoms with Gasteiger partial charge in [-0.25, -0.2) is 0 Å². The van der Waals surface area contributed by atoms with E-state index in [4.69, 9.17) is 0 Å². The van der Waals surface area contributed by atoms with Crippen LogP contribution in [0.2, 0.25) is 0 Å². The number of nitrogens with one attached hydrogen (secondary N) is 1. The largest absolute Gasteiger partial charge is 0.468 e. The van der Waals surface area contributed by atoms with Crippen molar-refractivity contribution in [1.29, 1.82) is 0 Å². The number of hydrogen-bond donors (Lipinski definition) is 1. The van der Waals surface area contributed by atoms with Gasteiger partial charge in [0, 0.05) is 0 Å². The average molecular weight is 292 g/mol. The number of hydrogen-bond acceptors (Lipinski definition) is 4. The van der Waals surface area contributed by atoms with E-state index < -0.39 is 0 Å². The van der Waals surface area contributed by atoms with E-state index >= 15 is 0 Å². The first-order valence-corrected chi connectivity index (χ1v) is 7.12. The summed E-state index contributed by atoms with van der Waals surface area (Å²) in [5.74, 6) is -0.437. The van der Waals surface area contributed by atoms with Gasteiger partial charge >= 0.3 is 5.97 Å². The molecule has 1 rings (SSSR count). The predicted molar refractivity (Wildman–Crippen MR) is 81.9 cm³/mol. The maximum absolute atomic E-state index is 12.1. The molecule has 0 saturated heterocycles. The maximum atomic E-state index is 12.1.